The van der Waals surface area contributed by atoms with Crippen LogP contribution in [0.3, 0.4) is 0 Å². The van der Waals surface area contributed by atoms with Crippen molar-refractivity contribution in [2.45, 2.75) is 53.0 Å². The van der Waals surface area contributed by atoms with Gasteiger partial charge >= 0.3 is 0 Å². The van der Waals surface area contributed by atoms with Gasteiger partial charge in [-0.25, -0.2) is 0 Å². The van der Waals surface area contributed by atoms with Crippen LogP contribution in [0.2, 0.25) is 0 Å². The van der Waals surface area contributed by atoms with E-state index in [2.05, 4.69) is 19.2 Å². The fraction of sp³-hybridized carbons (Fsp3) is 0.714. The number of hydrogen-bond donors (Lipinski definition) is 1. The zero-order valence-corrected chi connectivity index (χ0v) is 11.9. The number of furan rings is 1. The third-order valence-corrected chi connectivity index (χ3v) is 2.44. The maximum atomic E-state index is 5.56. The zero-order valence-electron chi connectivity index (χ0n) is 11.9. The third kappa shape index (κ3) is 6.19. The van der Waals surface area contributed by atoms with Crippen molar-refractivity contribution in [3.63, 3.8) is 0 Å². The van der Waals surface area contributed by atoms with Crippen LogP contribution in [0.4, 0.5) is 0 Å². The Morgan fingerprint density at radius 3 is 2.67 bits per heavy atom. The van der Waals surface area contributed by atoms with E-state index >= 15 is 0 Å². The number of hydrogen-bond acceptors (Lipinski definition) is 4. The molecule has 1 aromatic heterocycles. The second-order valence-corrected chi connectivity index (χ2v) is 4.88. The summed E-state index contributed by atoms with van der Waals surface area (Å²) in [6.45, 7) is 10.8. The summed E-state index contributed by atoms with van der Waals surface area (Å²) >= 11 is 0. The molecule has 0 atom stereocenters. The van der Waals surface area contributed by atoms with Crippen molar-refractivity contribution in [3.8, 4) is 0 Å². The van der Waals surface area contributed by atoms with Crippen LogP contribution in [0.15, 0.2) is 16.7 Å². The molecule has 18 heavy (non-hydrogen) atoms. The van der Waals surface area contributed by atoms with Crippen LogP contribution < -0.4 is 5.32 Å². The van der Waals surface area contributed by atoms with E-state index in [9.17, 15) is 0 Å². The second-order valence-electron chi connectivity index (χ2n) is 4.88. The van der Waals surface area contributed by atoms with Gasteiger partial charge in [0.1, 0.15) is 5.76 Å². The molecule has 0 fully saturated rings. The first-order valence-corrected chi connectivity index (χ1v) is 6.57. The minimum absolute atomic E-state index is 0.258. The van der Waals surface area contributed by atoms with E-state index < -0.39 is 0 Å². The lowest BCUT2D eigenvalue weighted by molar-refractivity contribution is 0.0139. The van der Waals surface area contributed by atoms with Crippen molar-refractivity contribution in [3.05, 3.63) is 23.7 Å². The van der Waals surface area contributed by atoms with E-state index in [1.807, 2.05) is 19.9 Å². The first kappa shape index (κ1) is 15.2. The zero-order chi connectivity index (χ0) is 13.4. The highest BCUT2D eigenvalue weighted by Crippen LogP contribution is 2.11. The standard InChI is InChI=1S/C14H25NO3/c1-11(2)15-9-14-13(5-6-18-14)10-16-7-8-17-12(3)4/h5-6,11-12,15H,7-10H2,1-4H3. The molecular weight excluding hydrogens is 230 g/mol. The summed E-state index contributed by atoms with van der Waals surface area (Å²) in [5.41, 5.74) is 1.10. The highest BCUT2D eigenvalue weighted by molar-refractivity contribution is 5.15. The van der Waals surface area contributed by atoms with Crippen LogP contribution in [0.1, 0.15) is 39.0 Å². The van der Waals surface area contributed by atoms with Gasteiger partial charge < -0.3 is 19.2 Å². The van der Waals surface area contributed by atoms with Crippen molar-refractivity contribution in [2.75, 3.05) is 13.2 Å². The molecule has 0 aromatic carbocycles. The summed E-state index contributed by atoms with van der Waals surface area (Å²) in [5, 5.41) is 3.33. The van der Waals surface area contributed by atoms with Crippen molar-refractivity contribution < 1.29 is 13.9 Å². The van der Waals surface area contributed by atoms with Gasteiger partial charge in [0.2, 0.25) is 0 Å². The van der Waals surface area contributed by atoms with E-state index in [1.54, 1.807) is 6.26 Å². The van der Waals surface area contributed by atoms with Gasteiger partial charge in [0.15, 0.2) is 0 Å². The van der Waals surface area contributed by atoms with E-state index in [0.29, 0.717) is 25.9 Å². The van der Waals surface area contributed by atoms with Crippen LogP contribution in [-0.4, -0.2) is 25.4 Å². The topological polar surface area (TPSA) is 43.6 Å². The van der Waals surface area contributed by atoms with Gasteiger partial charge in [-0.1, -0.05) is 13.8 Å². The Balaban J connectivity index is 2.23. The smallest absolute Gasteiger partial charge is 0.123 e. The van der Waals surface area contributed by atoms with Crippen molar-refractivity contribution in [2.24, 2.45) is 0 Å². The van der Waals surface area contributed by atoms with Crippen molar-refractivity contribution in [1.82, 2.24) is 5.32 Å². The van der Waals surface area contributed by atoms with E-state index in [-0.39, 0.29) is 6.10 Å². The monoisotopic (exact) mass is 255 g/mol. The SMILES string of the molecule is CC(C)NCc1occc1COCCOC(C)C. The highest BCUT2D eigenvalue weighted by Gasteiger charge is 2.06. The number of nitrogens with one attached hydrogen (secondary N) is 1. The molecular formula is C14H25NO3. The average molecular weight is 255 g/mol. The molecule has 0 aliphatic rings. The molecule has 4 heteroatoms. The maximum Gasteiger partial charge on any atom is 0.123 e. The molecule has 0 aliphatic heterocycles. The molecule has 1 N–H and O–H groups in total. The quantitative estimate of drug-likeness (QED) is 0.689. The molecule has 0 unspecified atom stereocenters. The molecule has 0 bridgehead atoms. The predicted octanol–water partition coefficient (Wildman–Crippen LogP) is 2.72. The van der Waals surface area contributed by atoms with Crippen LogP contribution in [-0.2, 0) is 22.6 Å². The van der Waals surface area contributed by atoms with E-state index in [0.717, 1.165) is 17.9 Å². The summed E-state index contributed by atoms with van der Waals surface area (Å²) in [6.07, 6.45) is 1.97. The van der Waals surface area contributed by atoms with Gasteiger partial charge in [0.25, 0.3) is 0 Å². The van der Waals surface area contributed by atoms with Gasteiger partial charge in [0, 0.05) is 11.6 Å². The van der Waals surface area contributed by atoms with E-state index in [1.165, 1.54) is 0 Å². The number of rotatable bonds is 9. The van der Waals surface area contributed by atoms with Gasteiger partial charge in [-0.3, -0.25) is 0 Å². The van der Waals surface area contributed by atoms with Crippen molar-refractivity contribution in [1.29, 1.82) is 0 Å². The minimum atomic E-state index is 0.258. The molecule has 0 saturated carbocycles. The Kier molecular flexibility index (Phi) is 7.01. The lowest BCUT2D eigenvalue weighted by Gasteiger charge is -2.09. The maximum absolute atomic E-state index is 5.56. The van der Waals surface area contributed by atoms with Crippen LogP contribution >= 0.6 is 0 Å². The Labute approximate surface area is 110 Å². The summed E-state index contributed by atoms with van der Waals surface area (Å²) in [6, 6.07) is 2.41. The first-order chi connectivity index (χ1) is 8.59. The molecule has 1 heterocycles. The van der Waals surface area contributed by atoms with Gasteiger partial charge in [0.05, 0.1) is 38.7 Å². The van der Waals surface area contributed by atoms with Gasteiger partial charge in [-0.2, -0.15) is 0 Å². The molecule has 0 aliphatic carbocycles. The van der Waals surface area contributed by atoms with E-state index in [4.69, 9.17) is 13.9 Å². The molecule has 0 amide bonds. The summed E-state index contributed by atoms with van der Waals surface area (Å²) in [7, 11) is 0. The molecule has 0 radical (unpaired) electrons. The molecule has 1 aromatic rings. The minimum Gasteiger partial charge on any atom is -0.468 e. The fourth-order valence-electron chi connectivity index (χ4n) is 1.47. The molecule has 104 valence electrons. The molecule has 0 saturated heterocycles. The largest absolute Gasteiger partial charge is 0.468 e. The summed E-state index contributed by atoms with van der Waals surface area (Å²) in [4.78, 5) is 0. The molecule has 0 spiro atoms. The average Bonchev–Trinajstić information content (AvgIpc) is 2.73. The van der Waals surface area contributed by atoms with Gasteiger partial charge in [-0.05, 0) is 19.9 Å². The lowest BCUT2D eigenvalue weighted by Crippen LogP contribution is -2.22. The normalized spacial score (nSPS) is 11.7. The van der Waals surface area contributed by atoms with Crippen molar-refractivity contribution >= 4 is 0 Å². The number of ether oxygens (including phenoxy) is 2. The van der Waals surface area contributed by atoms with Crippen LogP contribution in [0, 0.1) is 0 Å². The third-order valence-electron chi connectivity index (χ3n) is 2.44. The summed E-state index contributed by atoms with van der Waals surface area (Å²) < 4.78 is 16.4. The molecule has 1 rings (SSSR count). The fourth-order valence-corrected chi connectivity index (χ4v) is 1.47. The first-order valence-electron chi connectivity index (χ1n) is 6.57. The molecule has 4 nitrogen and oxygen atoms in total. The van der Waals surface area contributed by atoms with Crippen LogP contribution in [0.25, 0.3) is 0 Å². The Hall–Kier alpha value is -0.840. The Bertz CT molecular complexity index is 321. The summed E-state index contributed by atoms with van der Waals surface area (Å²) in [5.74, 6) is 0.952. The predicted molar refractivity (Wildman–Crippen MR) is 71.4 cm³/mol. The van der Waals surface area contributed by atoms with Crippen LogP contribution in [0.5, 0.6) is 0 Å². The Morgan fingerprint density at radius 1 is 1.22 bits per heavy atom. The lowest BCUT2D eigenvalue weighted by atomic mass is 10.2. The highest BCUT2D eigenvalue weighted by atomic mass is 16.5. The Morgan fingerprint density at radius 2 is 2.00 bits per heavy atom. The second kappa shape index (κ2) is 8.29. The van der Waals surface area contributed by atoms with Gasteiger partial charge in [-0.15, -0.1) is 0 Å².